The summed E-state index contributed by atoms with van der Waals surface area (Å²) in [6.07, 6.45) is 0. The molecule has 10 aromatic carbocycles. The Labute approximate surface area is 333 Å². The van der Waals surface area contributed by atoms with E-state index in [0.29, 0.717) is 0 Å². The van der Waals surface area contributed by atoms with Crippen LogP contribution in [0.3, 0.4) is 0 Å². The number of fused-ring (bicyclic) bond motifs is 11. The third-order valence-electron chi connectivity index (χ3n) is 11.6. The first-order chi connectivity index (χ1) is 28.3. The number of nitrogens with zero attached hydrogens (tertiary/aromatic N) is 1. The van der Waals surface area contributed by atoms with Crippen molar-refractivity contribution >= 4 is 103 Å². The zero-order valence-corrected chi connectivity index (χ0v) is 31.6. The second kappa shape index (κ2) is 12.7. The molecule has 12 rings (SSSR count). The van der Waals surface area contributed by atoms with Crippen molar-refractivity contribution in [1.82, 2.24) is 0 Å². The largest absolute Gasteiger partial charge is 0.455 e. The molecule has 2 nitrogen and oxygen atoms in total. The highest BCUT2D eigenvalue weighted by Gasteiger charge is 2.22. The van der Waals surface area contributed by atoms with Gasteiger partial charge < -0.3 is 9.32 Å². The molecular formula is C54H33NOS. The molecule has 0 bridgehead atoms. The van der Waals surface area contributed by atoms with Crippen LogP contribution < -0.4 is 4.90 Å². The van der Waals surface area contributed by atoms with Crippen molar-refractivity contribution in [3.8, 4) is 22.3 Å². The number of anilines is 3. The van der Waals surface area contributed by atoms with Gasteiger partial charge in [0.25, 0.3) is 0 Å². The molecule has 0 aliphatic rings. The lowest BCUT2D eigenvalue weighted by Crippen LogP contribution is -2.11. The maximum absolute atomic E-state index is 6.54. The van der Waals surface area contributed by atoms with Gasteiger partial charge in [0.1, 0.15) is 11.2 Å². The maximum Gasteiger partial charge on any atom is 0.143 e. The summed E-state index contributed by atoms with van der Waals surface area (Å²) in [4.78, 5) is 2.46. The van der Waals surface area contributed by atoms with Gasteiger partial charge in [-0.25, -0.2) is 0 Å². The van der Waals surface area contributed by atoms with E-state index in [9.17, 15) is 0 Å². The van der Waals surface area contributed by atoms with Gasteiger partial charge in [-0.1, -0.05) is 146 Å². The van der Waals surface area contributed by atoms with Crippen LogP contribution in [0.5, 0.6) is 0 Å². The SMILES string of the molecule is c1ccc(N(c2ccc(-c3cc4ccccc4c4ccccc34)cc2)c2cccc3c2sc2ccccc23)c(-c2ccc3oc4c5ccccc5ccc4c3c2)c1. The summed E-state index contributed by atoms with van der Waals surface area (Å²) < 4.78 is 9.09. The number of furan rings is 1. The maximum atomic E-state index is 6.54. The van der Waals surface area contributed by atoms with E-state index in [1.807, 2.05) is 11.3 Å². The van der Waals surface area contributed by atoms with Crippen molar-refractivity contribution in [1.29, 1.82) is 0 Å². The molecule has 0 saturated heterocycles. The third kappa shape index (κ3) is 5.03. The molecule has 0 aliphatic carbocycles. The minimum Gasteiger partial charge on any atom is -0.455 e. The molecule has 0 radical (unpaired) electrons. The van der Waals surface area contributed by atoms with Crippen molar-refractivity contribution in [2.24, 2.45) is 0 Å². The zero-order chi connectivity index (χ0) is 37.5. The van der Waals surface area contributed by atoms with Crippen LogP contribution >= 0.6 is 11.3 Å². The molecule has 2 aromatic heterocycles. The molecule has 0 fully saturated rings. The van der Waals surface area contributed by atoms with Gasteiger partial charge in [0, 0.05) is 42.9 Å². The molecule has 0 unspecified atom stereocenters. The van der Waals surface area contributed by atoms with E-state index < -0.39 is 0 Å². The van der Waals surface area contributed by atoms with Crippen LogP contribution in [0.15, 0.2) is 205 Å². The van der Waals surface area contributed by atoms with Crippen LogP contribution in [-0.4, -0.2) is 0 Å². The molecule has 2 heterocycles. The molecule has 0 amide bonds. The van der Waals surface area contributed by atoms with Gasteiger partial charge in [0.05, 0.1) is 16.1 Å². The monoisotopic (exact) mass is 743 g/mol. The lowest BCUT2D eigenvalue weighted by molar-refractivity contribution is 0.672. The average Bonchev–Trinajstić information content (AvgIpc) is 3.86. The fourth-order valence-electron chi connectivity index (χ4n) is 8.98. The number of para-hydroxylation sites is 1. The summed E-state index contributed by atoms with van der Waals surface area (Å²) in [5, 5.41) is 12.2. The Kier molecular flexibility index (Phi) is 7.13. The second-order valence-electron chi connectivity index (χ2n) is 14.8. The molecule has 3 heteroatoms. The number of rotatable bonds is 5. The van der Waals surface area contributed by atoms with Gasteiger partial charge in [-0.05, 0) is 98.2 Å². The number of hydrogen-bond acceptors (Lipinski definition) is 3. The molecular weight excluding hydrogens is 711 g/mol. The summed E-state index contributed by atoms with van der Waals surface area (Å²) in [7, 11) is 0. The van der Waals surface area contributed by atoms with Gasteiger partial charge in [-0.15, -0.1) is 11.3 Å². The van der Waals surface area contributed by atoms with E-state index in [2.05, 4.69) is 205 Å². The van der Waals surface area contributed by atoms with E-state index in [1.165, 1.54) is 58.2 Å². The lowest BCUT2D eigenvalue weighted by atomic mass is 9.93. The minimum atomic E-state index is 0.895. The fourth-order valence-corrected chi connectivity index (χ4v) is 10.2. The van der Waals surface area contributed by atoms with Crippen molar-refractivity contribution in [2.45, 2.75) is 0 Å². The first-order valence-electron chi connectivity index (χ1n) is 19.4. The molecule has 0 atom stereocenters. The molecule has 0 aliphatic heterocycles. The zero-order valence-electron chi connectivity index (χ0n) is 30.8. The van der Waals surface area contributed by atoms with Gasteiger partial charge in [-0.2, -0.15) is 0 Å². The topological polar surface area (TPSA) is 16.4 Å². The van der Waals surface area contributed by atoms with Crippen LogP contribution in [0.4, 0.5) is 17.1 Å². The smallest absolute Gasteiger partial charge is 0.143 e. The molecule has 266 valence electrons. The van der Waals surface area contributed by atoms with Crippen molar-refractivity contribution in [3.63, 3.8) is 0 Å². The second-order valence-corrected chi connectivity index (χ2v) is 15.9. The number of hydrogen-bond donors (Lipinski definition) is 0. The van der Waals surface area contributed by atoms with Crippen LogP contribution in [-0.2, 0) is 0 Å². The van der Waals surface area contributed by atoms with Crippen LogP contribution in [0.25, 0.3) is 96.7 Å². The Morgan fingerprint density at radius 3 is 1.91 bits per heavy atom. The van der Waals surface area contributed by atoms with E-state index in [1.54, 1.807) is 0 Å². The Hall–Kier alpha value is -7.20. The molecule has 57 heavy (non-hydrogen) atoms. The highest BCUT2D eigenvalue weighted by Crippen LogP contribution is 2.48. The molecule has 0 spiro atoms. The predicted molar refractivity (Wildman–Crippen MR) is 245 cm³/mol. The minimum absolute atomic E-state index is 0.895. The summed E-state index contributed by atoms with van der Waals surface area (Å²) >= 11 is 1.86. The Morgan fingerprint density at radius 2 is 1.04 bits per heavy atom. The van der Waals surface area contributed by atoms with Gasteiger partial charge in [-0.3, -0.25) is 0 Å². The Balaban J connectivity index is 1.06. The third-order valence-corrected chi connectivity index (χ3v) is 12.9. The molecule has 12 aromatic rings. The van der Waals surface area contributed by atoms with E-state index >= 15 is 0 Å². The summed E-state index contributed by atoms with van der Waals surface area (Å²) in [5.41, 5.74) is 9.93. The molecule has 0 saturated carbocycles. The summed E-state index contributed by atoms with van der Waals surface area (Å²) in [6.45, 7) is 0. The predicted octanol–water partition coefficient (Wildman–Crippen LogP) is 16.2. The van der Waals surface area contributed by atoms with Gasteiger partial charge in [0.2, 0.25) is 0 Å². The normalized spacial score (nSPS) is 11.9. The molecule has 0 N–H and O–H groups in total. The highest BCUT2D eigenvalue weighted by molar-refractivity contribution is 7.26. The first-order valence-corrected chi connectivity index (χ1v) is 20.2. The van der Waals surface area contributed by atoms with Crippen LogP contribution in [0.1, 0.15) is 0 Å². The average molecular weight is 744 g/mol. The highest BCUT2D eigenvalue weighted by atomic mass is 32.1. The van der Waals surface area contributed by atoms with Gasteiger partial charge in [0.15, 0.2) is 0 Å². The van der Waals surface area contributed by atoms with Crippen molar-refractivity contribution in [2.75, 3.05) is 4.90 Å². The van der Waals surface area contributed by atoms with E-state index in [-0.39, 0.29) is 0 Å². The van der Waals surface area contributed by atoms with E-state index in [4.69, 9.17) is 4.42 Å². The Morgan fingerprint density at radius 1 is 0.368 bits per heavy atom. The van der Waals surface area contributed by atoms with Crippen LogP contribution in [0, 0.1) is 0 Å². The van der Waals surface area contributed by atoms with Gasteiger partial charge >= 0.3 is 0 Å². The van der Waals surface area contributed by atoms with Crippen molar-refractivity contribution in [3.05, 3.63) is 200 Å². The number of thiophene rings is 1. The summed E-state index contributed by atoms with van der Waals surface area (Å²) in [6, 6.07) is 72.8. The van der Waals surface area contributed by atoms with Crippen LogP contribution in [0.2, 0.25) is 0 Å². The number of benzene rings is 10. The first kappa shape index (κ1) is 32.1. The standard InChI is InChI=1S/C54H33NOS/c1-4-16-41-34(12-1)26-30-45-48-33-37(27-31-51(48)56-53(41)45)40-15-7-9-21-49(40)55(50-22-11-20-46-44-19-8-10-23-52(44)57-54(46)50)38-28-24-35(25-29-38)47-32-36-13-2-3-14-39(36)42-17-5-6-18-43(42)47/h1-33H. The lowest BCUT2D eigenvalue weighted by Gasteiger charge is -2.28. The Bertz CT molecular complexity index is 3540. The van der Waals surface area contributed by atoms with E-state index in [0.717, 1.165) is 55.5 Å². The van der Waals surface area contributed by atoms with Crippen molar-refractivity contribution < 1.29 is 4.42 Å². The summed E-state index contributed by atoms with van der Waals surface area (Å²) in [5.74, 6) is 0. The quantitative estimate of drug-likeness (QED) is 0.163. The fraction of sp³-hybridized carbons (Fsp3) is 0.